The summed E-state index contributed by atoms with van der Waals surface area (Å²) in [4.78, 5) is 24.7. The van der Waals surface area contributed by atoms with Crippen molar-refractivity contribution in [3.05, 3.63) is 80.9 Å². The highest BCUT2D eigenvalue weighted by molar-refractivity contribution is 9.10. The lowest BCUT2D eigenvalue weighted by molar-refractivity contribution is 0.0947. The molecule has 8 heteroatoms. The minimum atomic E-state index is -0.402. The summed E-state index contributed by atoms with van der Waals surface area (Å²) in [6, 6.07) is 16.5. The van der Waals surface area contributed by atoms with Gasteiger partial charge in [0.1, 0.15) is 5.82 Å². The first-order valence-electron chi connectivity index (χ1n) is 8.18. The highest BCUT2D eigenvalue weighted by Gasteiger charge is 2.20. The molecule has 6 nitrogen and oxygen atoms in total. The normalized spacial score (nSPS) is 10.4. The Bertz CT molecular complexity index is 959. The average Bonchev–Trinajstić information content (AvgIpc) is 3.03. The summed E-state index contributed by atoms with van der Waals surface area (Å²) < 4.78 is 0.375. The van der Waals surface area contributed by atoms with Gasteiger partial charge in [0, 0.05) is 6.54 Å². The Morgan fingerprint density at radius 3 is 2.48 bits per heavy atom. The standard InChI is InChI=1S/C19H16BrClN4O2/c20-15-16(19(27)22-11-10-12-6-2-1-3-7-12)24-25-17(15)23-18(26)13-8-4-5-9-14(13)21/h1-9H,10-11H2,(H,22,27)(H2,23,24,25,26). The van der Waals surface area contributed by atoms with Crippen LogP contribution in [0.1, 0.15) is 26.4 Å². The Balaban J connectivity index is 1.61. The highest BCUT2D eigenvalue weighted by atomic mass is 79.9. The number of hydrogen-bond donors (Lipinski definition) is 3. The fraction of sp³-hybridized carbons (Fsp3) is 0.105. The van der Waals surface area contributed by atoms with Crippen LogP contribution in [0, 0.1) is 0 Å². The van der Waals surface area contributed by atoms with Crippen LogP contribution in [0.2, 0.25) is 5.02 Å². The molecule has 3 aromatic rings. The van der Waals surface area contributed by atoms with E-state index in [-0.39, 0.29) is 17.4 Å². The van der Waals surface area contributed by atoms with Crippen LogP contribution in [0.4, 0.5) is 5.82 Å². The number of halogens is 2. The molecule has 3 N–H and O–H groups in total. The Morgan fingerprint density at radius 1 is 1.04 bits per heavy atom. The average molecular weight is 448 g/mol. The van der Waals surface area contributed by atoms with Gasteiger partial charge in [-0.3, -0.25) is 14.7 Å². The first-order valence-corrected chi connectivity index (χ1v) is 9.35. The van der Waals surface area contributed by atoms with E-state index in [9.17, 15) is 9.59 Å². The molecule has 0 atom stereocenters. The van der Waals surface area contributed by atoms with E-state index in [0.717, 1.165) is 5.56 Å². The van der Waals surface area contributed by atoms with Gasteiger partial charge in [-0.15, -0.1) is 0 Å². The summed E-state index contributed by atoms with van der Waals surface area (Å²) in [6.07, 6.45) is 0.713. The van der Waals surface area contributed by atoms with E-state index in [0.29, 0.717) is 28.0 Å². The van der Waals surface area contributed by atoms with E-state index in [4.69, 9.17) is 11.6 Å². The Labute approximate surface area is 169 Å². The van der Waals surface area contributed by atoms with Crippen LogP contribution in [0.3, 0.4) is 0 Å². The zero-order valence-electron chi connectivity index (χ0n) is 14.1. The molecule has 3 rings (SSSR count). The van der Waals surface area contributed by atoms with Gasteiger partial charge in [0.25, 0.3) is 11.8 Å². The van der Waals surface area contributed by atoms with Crippen molar-refractivity contribution >= 4 is 45.2 Å². The van der Waals surface area contributed by atoms with Crippen molar-refractivity contribution in [3.63, 3.8) is 0 Å². The molecule has 1 aromatic heterocycles. The van der Waals surface area contributed by atoms with Crippen molar-refractivity contribution in [2.24, 2.45) is 0 Å². The topological polar surface area (TPSA) is 86.9 Å². The number of carbonyl (C=O) groups is 2. The molecule has 0 fully saturated rings. The van der Waals surface area contributed by atoms with Crippen molar-refractivity contribution in [1.82, 2.24) is 15.5 Å². The quantitative estimate of drug-likeness (QED) is 0.533. The third-order valence-corrected chi connectivity index (χ3v) is 4.92. The van der Waals surface area contributed by atoms with Gasteiger partial charge in [0.2, 0.25) is 0 Å². The van der Waals surface area contributed by atoms with Gasteiger partial charge in [-0.25, -0.2) is 0 Å². The van der Waals surface area contributed by atoms with Crippen molar-refractivity contribution < 1.29 is 9.59 Å². The van der Waals surface area contributed by atoms with Crippen LogP contribution in [0.15, 0.2) is 59.1 Å². The highest BCUT2D eigenvalue weighted by Crippen LogP contribution is 2.25. The molecule has 0 saturated carbocycles. The minimum Gasteiger partial charge on any atom is -0.350 e. The Kier molecular flexibility index (Phi) is 6.26. The van der Waals surface area contributed by atoms with Gasteiger partial charge >= 0.3 is 0 Å². The van der Waals surface area contributed by atoms with Crippen LogP contribution in [-0.4, -0.2) is 28.6 Å². The van der Waals surface area contributed by atoms with Gasteiger partial charge in [0.05, 0.1) is 15.1 Å². The van der Waals surface area contributed by atoms with E-state index in [1.54, 1.807) is 24.3 Å². The van der Waals surface area contributed by atoms with Crippen molar-refractivity contribution in [1.29, 1.82) is 0 Å². The van der Waals surface area contributed by atoms with Crippen molar-refractivity contribution in [2.45, 2.75) is 6.42 Å². The molecule has 1 heterocycles. The van der Waals surface area contributed by atoms with E-state index < -0.39 is 5.91 Å². The number of hydrogen-bond acceptors (Lipinski definition) is 3. The van der Waals surface area contributed by atoms with Gasteiger partial charge in [-0.2, -0.15) is 5.10 Å². The third kappa shape index (κ3) is 4.75. The van der Waals surface area contributed by atoms with Crippen LogP contribution < -0.4 is 10.6 Å². The second-order valence-corrected chi connectivity index (χ2v) is 6.89. The van der Waals surface area contributed by atoms with Gasteiger partial charge < -0.3 is 10.6 Å². The molecule has 138 valence electrons. The lowest BCUT2D eigenvalue weighted by atomic mass is 10.1. The molecule has 27 heavy (non-hydrogen) atoms. The number of anilines is 1. The molecular weight excluding hydrogens is 432 g/mol. The fourth-order valence-electron chi connectivity index (χ4n) is 2.44. The maximum Gasteiger partial charge on any atom is 0.273 e. The number of rotatable bonds is 6. The summed E-state index contributed by atoms with van der Waals surface area (Å²) >= 11 is 9.33. The first-order chi connectivity index (χ1) is 13.1. The number of amides is 2. The predicted molar refractivity (Wildman–Crippen MR) is 108 cm³/mol. The van der Waals surface area contributed by atoms with Crippen LogP contribution in [0.25, 0.3) is 0 Å². The summed E-state index contributed by atoms with van der Waals surface area (Å²) in [5, 5.41) is 12.4. The number of nitrogens with one attached hydrogen (secondary N) is 3. The monoisotopic (exact) mass is 446 g/mol. The SMILES string of the molecule is O=C(Nc1[nH]nc(C(=O)NCCc2ccccc2)c1Br)c1ccccc1Cl. The summed E-state index contributed by atoms with van der Waals surface area (Å²) in [5.74, 6) is -0.457. The number of aromatic nitrogens is 2. The second kappa shape index (κ2) is 8.83. The van der Waals surface area contributed by atoms with E-state index >= 15 is 0 Å². The molecule has 0 aliphatic carbocycles. The molecule has 0 aliphatic heterocycles. The molecule has 0 unspecified atom stereocenters. The van der Waals surface area contributed by atoms with Crippen LogP contribution in [0.5, 0.6) is 0 Å². The van der Waals surface area contributed by atoms with Crippen molar-refractivity contribution in [3.8, 4) is 0 Å². The predicted octanol–water partition coefficient (Wildman–Crippen LogP) is 4.05. The molecule has 0 bridgehead atoms. The smallest absolute Gasteiger partial charge is 0.273 e. The van der Waals surface area contributed by atoms with Gasteiger partial charge in [-0.1, -0.05) is 54.1 Å². The third-order valence-electron chi connectivity index (χ3n) is 3.82. The molecule has 2 aromatic carbocycles. The lowest BCUT2D eigenvalue weighted by Crippen LogP contribution is -2.26. The van der Waals surface area contributed by atoms with E-state index in [2.05, 4.69) is 36.8 Å². The van der Waals surface area contributed by atoms with Gasteiger partial charge in [-0.05, 0) is 40.0 Å². The van der Waals surface area contributed by atoms with Crippen LogP contribution >= 0.6 is 27.5 Å². The van der Waals surface area contributed by atoms with E-state index in [1.807, 2.05) is 30.3 Å². The fourth-order valence-corrected chi connectivity index (χ4v) is 3.11. The molecule has 0 spiro atoms. The van der Waals surface area contributed by atoms with Crippen molar-refractivity contribution in [2.75, 3.05) is 11.9 Å². The number of nitrogens with zero attached hydrogens (tertiary/aromatic N) is 1. The zero-order chi connectivity index (χ0) is 19.2. The van der Waals surface area contributed by atoms with Gasteiger partial charge in [0.15, 0.2) is 5.69 Å². The maximum absolute atomic E-state index is 12.3. The van der Waals surface area contributed by atoms with E-state index in [1.165, 1.54) is 0 Å². The maximum atomic E-state index is 12.3. The first kappa shape index (κ1) is 19.1. The largest absolute Gasteiger partial charge is 0.350 e. The summed E-state index contributed by atoms with van der Waals surface area (Å²) in [6.45, 7) is 0.476. The molecule has 0 radical (unpaired) electrons. The number of carbonyl (C=O) groups excluding carboxylic acids is 2. The number of benzene rings is 2. The molecule has 0 saturated heterocycles. The Hall–Kier alpha value is -2.64. The zero-order valence-corrected chi connectivity index (χ0v) is 16.5. The molecular formula is C19H16BrClN4O2. The number of H-pyrrole nitrogens is 1. The molecule has 2 amide bonds. The lowest BCUT2D eigenvalue weighted by Gasteiger charge is -2.05. The van der Waals surface area contributed by atoms with Crippen LogP contribution in [-0.2, 0) is 6.42 Å². The minimum absolute atomic E-state index is 0.164. The summed E-state index contributed by atoms with van der Waals surface area (Å²) in [7, 11) is 0. The summed E-state index contributed by atoms with van der Waals surface area (Å²) in [5.41, 5.74) is 1.62. The second-order valence-electron chi connectivity index (χ2n) is 5.69. The molecule has 0 aliphatic rings. The number of aromatic amines is 1. The Morgan fingerprint density at radius 2 is 1.74 bits per heavy atom.